The molecule has 0 aliphatic heterocycles. The Kier molecular flexibility index (Phi) is 3.85. The number of hydrogen-bond acceptors (Lipinski definition) is 2. The number of rotatable bonds is 3. The summed E-state index contributed by atoms with van der Waals surface area (Å²) in [4.78, 5) is 13.4. The molecule has 0 N–H and O–H groups in total. The van der Waals surface area contributed by atoms with Crippen LogP contribution in [0.4, 0.5) is 0 Å². The fourth-order valence-corrected chi connectivity index (χ4v) is 3.76. The van der Waals surface area contributed by atoms with Gasteiger partial charge in [0.15, 0.2) is 0 Å². The van der Waals surface area contributed by atoms with Crippen molar-refractivity contribution in [1.29, 1.82) is 5.26 Å². The summed E-state index contributed by atoms with van der Waals surface area (Å²) in [5.41, 5.74) is 5.58. The molecule has 4 heteroatoms. The van der Waals surface area contributed by atoms with Crippen molar-refractivity contribution in [2.75, 3.05) is 0 Å². The van der Waals surface area contributed by atoms with Gasteiger partial charge in [0.2, 0.25) is 0 Å². The highest BCUT2D eigenvalue weighted by atomic mass is 16.1. The molecule has 0 fully saturated rings. The minimum atomic E-state index is -0.0382. The van der Waals surface area contributed by atoms with E-state index in [4.69, 9.17) is 0 Å². The number of benzene rings is 2. The van der Waals surface area contributed by atoms with Crippen LogP contribution in [0.1, 0.15) is 29.2 Å². The van der Waals surface area contributed by atoms with Gasteiger partial charge in [0, 0.05) is 18.5 Å². The van der Waals surface area contributed by atoms with E-state index in [1.165, 1.54) is 0 Å². The highest BCUT2D eigenvalue weighted by Crippen LogP contribution is 2.25. The number of fused-ring (bicyclic) bond motifs is 3. The standard InChI is InChI=1S/C22H19N3O/c1-3-24-19-11-7-8-12-20(19)25-21(24)18(14-23)15(2)17(22(25)26)13-16-9-5-4-6-10-16/h4-12H,3,13H2,1-2H3. The lowest BCUT2D eigenvalue weighted by Gasteiger charge is -2.11. The third kappa shape index (κ3) is 2.25. The Hall–Kier alpha value is -3.32. The molecule has 4 nitrogen and oxygen atoms in total. The number of pyridine rings is 1. The molecule has 2 heterocycles. The first-order valence-electron chi connectivity index (χ1n) is 8.76. The molecule has 0 bridgehead atoms. The molecule has 0 saturated carbocycles. The van der Waals surface area contributed by atoms with Crippen molar-refractivity contribution < 1.29 is 0 Å². The van der Waals surface area contributed by atoms with Gasteiger partial charge >= 0.3 is 0 Å². The molecule has 26 heavy (non-hydrogen) atoms. The topological polar surface area (TPSA) is 50.2 Å². The largest absolute Gasteiger partial charge is 0.325 e. The van der Waals surface area contributed by atoms with Crippen molar-refractivity contribution in [3.05, 3.63) is 87.2 Å². The zero-order chi connectivity index (χ0) is 18.3. The SMILES string of the molecule is CCn1c2ccccc2n2c(=O)c(Cc3ccccc3)c(C)c(C#N)c12. The van der Waals surface area contributed by atoms with E-state index in [0.29, 0.717) is 29.7 Å². The molecule has 2 aromatic carbocycles. The van der Waals surface area contributed by atoms with Crippen LogP contribution in [-0.4, -0.2) is 8.97 Å². The molecule has 0 atom stereocenters. The average Bonchev–Trinajstić information content (AvgIpc) is 3.00. The van der Waals surface area contributed by atoms with Crippen LogP contribution in [-0.2, 0) is 13.0 Å². The molecule has 0 unspecified atom stereocenters. The molecule has 0 radical (unpaired) electrons. The summed E-state index contributed by atoms with van der Waals surface area (Å²) >= 11 is 0. The highest BCUT2D eigenvalue weighted by Gasteiger charge is 2.21. The van der Waals surface area contributed by atoms with Crippen molar-refractivity contribution in [2.24, 2.45) is 0 Å². The number of aryl methyl sites for hydroxylation is 1. The Labute approximate surface area is 151 Å². The minimum Gasteiger partial charge on any atom is -0.325 e. The lowest BCUT2D eigenvalue weighted by molar-refractivity contribution is 0.809. The van der Waals surface area contributed by atoms with Crippen molar-refractivity contribution in [3.63, 3.8) is 0 Å². The van der Waals surface area contributed by atoms with E-state index in [2.05, 4.69) is 10.6 Å². The first-order valence-corrected chi connectivity index (χ1v) is 8.76. The van der Waals surface area contributed by atoms with Crippen LogP contribution in [0.5, 0.6) is 0 Å². The van der Waals surface area contributed by atoms with Crippen LogP contribution >= 0.6 is 0 Å². The molecule has 0 amide bonds. The molecule has 128 valence electrons. The zero-order valence-electron chi connectivity index (χ0n) is 14.9. The van der Waals surface area contributed by atoms with Crippen LogP contribution in [0.3, 0.4) is 0 Å². The molecule has 0 aliphatic rings. The van der Waals surface area contributed by atoms with Crippen LogP contribution < -0.4 is 5.56 Å². The van der Waals surface area contributed by atoms with Crippen molar-refractivity contribution in [1.82, 2.24) is 8.97 Å². The van der Waals surface area contributed by atoms with Gasteiger partial charge in [0.1, 0.15) is 11.7 Å². The van der Waals surface area contributed by atoms with E-state index < -0.39 is 0 Å². The van der Waals surface area contributed by atoms with Crippen LogP contribution in [0.2, 0.25) is 0 Å². The number of nitrogens with zero attached hydrogens (tertiary/aromatic N) is 3. The highest BCUT2D eigenvalue weighted by molar-refractivity contribution is 5.84. The molecule has 0 saturated heterocycles. The van der Waals surface area contributed by atoms with Gasteiger partial charge in [-0.3, -0.25) is 9.20 Å². The van der Waals surface area contributed by atoms with E-state index >= 15 is 0 Å². The first-order chi connectivity index (χ1) is 12.7. The van der Waals surface area contributed by atoms with Crippen molar-refractivity contribution in [2.45, 2.75) is 26.8 Å². The second-order valence-electron chi connectivity index (χ2n) is 6.45. The fraction of sp³-hybridized carbons (Fsp3) is 0.182. The van der Waals surface area contributed by atoms with Gasteiger partial charge in [0.25, 0.3) is 5.56 Å². The Bertz CT molecular complexity index is 1220. The normalized spacial score (nSPS) is 11.1. The van der Waals surface area contributed by atoms with Gasteiger partial charge in [-0.2, -0.15) is 5.26 Å². The van der Waals surface area contributed by atoms with Crippen molar-refractivity contribution >= 4 is 16.7 Å². The van der Waals surface area contributed by atoms with E-state index in [0.717, 1.165) is 22.2 Å². The third-order valence-electron chi connectivity index (χ3n) is 5.05. The van der Waals surface area contributed by atoms with E-state index in [-0.39, 0.29) is 5.56 Å². The summed E-state index contributed by atoms with van der Waals surface area (Å²) in [7, 11) is 0. The number of nitriles is 1. The molecule has 4 rings (SSSR count). The van der Waals surface area contributed by atoms with Crippen molar-refractivity contribution in [3.8, 4) is 6.07 Å². The van der Waals surface area contributed by atoms with Gasteiger partial charge in [0.05, 0.1) is 16.6 Å². The summed E-state index contributed by atoms with van der Waals surface area (Å²) in [6.45, 7) is 4.61. The van der Waals surface area contributed by atoms with Crippen LogP contribution in [0.25, 0.3) is 16.7 Å². The molecule has 0 spiro atoms. The Balaban J connectivity index is 2.15. The van der Waals surface area contributed by atoms with E-state index in [9.17, 15) is 10.1 Å². The lowest BCUT2D eigenvalue weighted by atomic mass is 9.99. The maximum atomic E-state index is 13.4. The first kappa shape index (κ1) is 16.2. The van der Waals surface area contributed by atoms with E-state index in [1.54, 1.807) is 4.40 Å². The Morgan fingerprint density at radius 1 is 1.00 bits per heavy atom. The number of para-hydroxylation sites is 2. The summed E-state index contributed by atoms with van der Waals surface area (Å²) < 4.78 is 3.76. The molecule has 0 aliphatic carbocycles. The maximum absolute atomic E-state index is 13.4. The van der Waals surface area contributed by atoms with Gasteiger partial charge in [-0.1, -0.05) is 42.5 Å². The Morgan fingerprint density at radius 2 is 1.65 bits per heavy atom. The average molecular weight is 341 g/mol. The second-order valence-corrected chi connectivity index (χ2v) is 6.45. The lowest BCUT2D eigenvalue weighted by Crippen LogP contribution is -2.22. The monoisotopic (exact) mass is 341 g/mol. The van der Waals surface area contributed by atoms with Gasteiger partial charge in [-0.05, 0) is 37.1 Å². The van der Waals surface area contributed by atoms with Crippen LogP contribution in [0.15, 0.2) is 59.4 Å². The predicted octanol–water partition coefficient (Wildman–Crippen LogP) is 4.05. The summed E-state index contributed by atoms with van der Waals surface area (Å²) in [5, 5.41) is 9.86. The third-order valence-corrected chi connectivity index (χ3v) is 5.05. The van der Waals surface area contributed by atoms with Gasteiger partial charge < -0.3 is 4.57 Å². The fourth-order valence-electron chi connectivity index (χ4n) is 3.76. The second kappa shape index (κ2) is 6.20. The minimum absolute atomic E-state index is 0.0382. The molecule has 2 aromatic heterocycles. The number of imidazole rings is 1. The van der Waals surface area contributed by atoms with E-state index in [1.807, 2.05) is 68.4 Å². The maximum Gasteiger partial charge on any atom is 0.260 e. The van der Waals surface area contributed by atoms with Gasteiger partial charge in [-0.15, -0.1) is 0 Å². The number of hydrogen-bond donors (Lipinski definition) is 0. The molecular formula is C22H19N3O. The summed E-state index contributed by atoms with van der Waals surface area (Å²) in [6.07, 6.45) is 0.523. The molecule has 4 aromatic rings. The Morgan fingerprint density at radius 3 is 2.31 bits per heavy atom. The quantitative estimate of drug-likeness (QED) is 0.564. The molecular weight excluding hydrogens is 322 g/mol. The van der Waals surface area contributed by atoms with Gasteiger partial charge in [-0.25, -0.2) is 0 Å². The summed E-state index contributed by atoms with van der Waals surface area (Å²) in [5.74, 6) is 0. The van der Waals surface area contributed by atoms with Crippen LogP contribution in [0, 0.1) is 18.3 Å². The summed E-state index contributed by atoms with van der Waals surface area (Å²) in [6, 6.07) is 20.1. The predicted molar refractivity (Wildman–Crippen MR) is 104 cm³/mol. The number of aromatic nitrogens is 2. The smallest absolute Gasteiger partial charge is 0.260 e. The zero-order valence-corrected chi connectivity index (χ0v) is 14.9.